The lowest BCUT2D eigenvalue weighted by Crippen LogP contribution is -2.14. The van der Waals surface area contributed by atoms with Crippen molar-refractivity contribution in [3.8, 4) is 0 Å². The van der Waals surface area contributed by atoms with Gasteiger partial charge in [-0.25, -0.2) is 0 Å². The molecule has 2 rings (SSSR count). The van der Waals surface area contributed by atoms with Gasteiger partial charge < -0.3 is 5.32 Å². The van der Waals surface area contributed by atoms with Crippen molar-refractivity contribution in [1.29, 1.82) is 0 Å². The van der Waals surface area contributed by atoms with Crippen molar-refractivity contribution >= 4 is 17.3 Å². The van der Waals surface area contributed by atoms with E-state index in [2.05, 4.69) is 5.32 Å². The molecule has 1 atom stereocenters. The zero-order chi connectivity index (χ0) is 10.8. The van der Waals surface area contributed by atoms with E-state index in [-0.39, 0.29) is 16.7 Å². The molecule has 1 aromatic rings. The molecule has 4 nitrogen and oxygen atoms in total. The van der Waals surface area contributed by atoms with E-state index in [0.717, 1.165) is 24.9 Å². The van der Waals surface area contributed by atoms with Gasteiger partial charge in [0.05, 0.1) is 4.92 Å². The number of nitro groups is 1. The minimum atomic E-state index is -0.374. The number of halogens is 1. The molecule has 1 fully saturated rings. The summed E-state index contributed by atoms with van der Waals surface area (Å²) in [6, 6.07) is 4.95. The number of benzene rings is 1. The average Bonchev–Trinajstić information content (AvgIpc) is 2.70. The van der Waals surface area contributed by atoms with Crippen LogP contribution in [0.25, 0.3) is 0 Å². The van der Waals surface area contributed by atoms with Crippen LogP contribution in [0.15, 0.2) is 18.2 Å². The number of rotatable bonds is 2. The first-order chi connectivity index (χ1) is 7.18. The summed E-state index contributed by atoms with van der Waals surface area (Å²) >= 11 is 5.74. The van der Waals surface area contributed by atoms with E-state index in [1.807, 2.05) is 0 Å². The molecule has 0 aliphatic carbocycles. The normalized spacial score (nSPS) is 20.5. The molecule has 0 radical (unpaired) electrons. The first kappa shape index (κ1) is 10.4. The summed E-state index contributed by atoms with van der Waals surface area (Å²) in [5.74, 6) is 0. The van der Waals surface area contributed by atoms with Gasteiger partial charge >= 0.3 is 0 Å². The summed E-state index contributed by atoms with van der Waals surface area (Å²) in [7, 11) is 0. The van der Waals surface area contributed by atoms with Gasteiger partial charge in [0.15, 0.2) is 0 Å². The highest BCUT2D eigenvalue weighted by atomic mass is 35.5. The largest absolute Gasteiger partial charge is 0.310 e. The molecule has 0 spiro atoms. The fraction of sp³-hybridized carbons (Fsp3) is 0.400. The van der Waals surface area contributed by atoms with Crippen molar-refractivity contribution in [2.45, 2.75) is 18.9 Å². The molecule has 1 aromatic carbocycles. The average molecular weight is 227 g/mol. The van der Waals surface area contributed by atoms with Gasteiger partial charge in [0.2, 0.25) is 0 Å². The molecule has 5 heteroatoms. The molecule has 0 bridgehead atoms. The van der Waals surface area contributed by atoms with Crippen LogP contribution in [0.5, 0.6) is 0 Å². The molecule has 0 aromatic heterocycles. The lowest BCUT2D eigenvalue weighted by atomic mass is 10.0. The van der Waals surface area contributed by atoms with Gasteiger partial charge in [-0.2, -0.15) is 0 Å². The maximum atomic E-state index is 10.8. The predicted octanol–water partition coefficient (Wildman–Crippen LogP) is 2.67. The maximum Gasteiger partial charge on any atom is 0.275 e. The molecular formula is C10H11ClN2O2. The Labute approximate surface area is 92.4 Å². The van der Waals surface area contributed by atoms with Crippen molar-refractivity contribution in [3.63, 3.8) is 0 Å². The third-order valence-electron chi connectivity index (χ3n) is 2.62. The van der Waals surface area contributed by atoms with Crippen LogP contribution in [0.3, 0.4) is 0 Å². The van der Waals surface area contributed by atoms with Crippen molar-refractivity contribution in [1.82, 2.24) is 5.32 Å². The van der Waals surface area contributed by atoms with E-state index >= 15 is 0 Å². The summed E-state index contributed by atoms with van der Waals surface area (Å²) in [5.41, 5.74) is 0.851. The van der Waals surface area contributed by atoms with Crippen LogP contribution in [0.4, 0.5) is 5.69 Å². The molecule has 80 valence electrons. The number of nitro benzene ring substituents is 1. The first-order valence-electron chi connectivity index (χ1n) is 4.85. The zero-order valence-corrected chi connectivity index (χ0v) is 8.83. The van der Waals surface area contributed by atoms with E-state index in [1.54, 1.807) is 12.1 Å². The molecule has 1 N–H and O–H groups in total. The standard InChI is InChI=1S/C10H11ClN2O2/c11-7-3-4-8(9-2-1-5-12-9)10(6-7)13(14)15/h3-4,6,9,12H,1-2,5H2. The predicted molar refractivity (Wildman–Crippen MR) is 58.1 cm³/mol. The Morgan fingerprint density at radius 1 is 1.53 bits per heavy atom. The Bertz CT molecular complexity index is 389. The highest BCUT2D eigenvalue weighted by molar-refractivity contribution is 6.30. The maximum absolute atomic E-state index is 10.8. The SMILES string of the molecule is O=[N+]([O-])c1cc(Cl)ccc1C1CCCN1. The number of nitrogens with one attached hydrogen (secondary N) is 1. The minimum absolute atomic E-state index is 0.0997. The van der Waals surface area contributed by atoms with Crippen LogP contribution < -0.4 is 5.32 Å². The van der Waals surface area contributed by atoms with E-state index in [4.69, 9.17) is 11.6 Å². The second-order valence-corrected chi connectivity index (χ2v) is 4.05. The van der Waals surface area contributed by atoms with E-state index < -0.39 is 0 Å². The number of nitrogens with zero attached hydrogens (tertiary/aromatic N) is 1. The van der Waals surface area contributed by atoms with Crippen LogP contribution >= 0.6 is 11.6 Å². The minimum Gasteiger partial charge on any atom is -0.310 e. The molecule has 0 saturated carbocycles. The zero-order valence-electron chi connectivity index (χ0n) is 8.07. The summed E-state index contributed by atoms with van der Waals surface area (Å²) in [6.45, 7) is 0.921. The summed E-state index contributed by atoms with van der Waals surface area (Å²) in [6.07, 6.45) is 2.01. The molecule has 1 heterocycles. The number of hydrogen-bond acceptors (Lipinski definition) is 3. The lowest BCUT2D eigenvalue weighted by molar-refractivity contribution is -0.385. The lowest BCUT2D eigenvalue weighted by Gasteiger charge is -2.10. The fourth-order valence-corrected chi connectivity index (χ4v) is 2.09. The Hall–Kier alpha value is -1.13. The van der Waals surface area contributed by atoms with Crippen molar-refractivity contribution in [2.75, 3.05) is 6.54 Å². The Kier molecular flexibility index (Phi) is 2.88. The number of hydrogen-bond donors (Lipinski definition) is 1. The van der Waals surface area contributed by atoms with E-state index in [0.29, 0.717) is 5.02 Å². The highest BCUT2D eigenvalue weighted by Gasteiger charge is 2.24. The smallest absolute Gasteiger partial charge is 0.275 e. The molecule has 1 aliphatic heterocycles. The topological polar surface area (TPSA) is 55.2 Å². The fourth-order valence-electron chi connectivity index (χ4n) is 1.92. The quantitative estimate of drug-likeness (QED) is 0.623. The van der Waals surface area contributed by atoms with Gasteiger partial charge in [0.25, 0.3) is 5.69 Å². The summed E-state index contributed by atoms with van der Waals surface area (Å²) in [4.78, 5) is 10.5. The Morgan fingerprint density at radius 3 is 2.93 bits per heavy atom. The van der Waals surface area contributed by atoms with Crippen LogP contribution in [-0.2, 0) is 0 Å². The van der Waals surface area contributed by atoms with Gasteiger partial charge in [-0.05, 0) is 31.5 Å². The Balaban J connectivity index is 2.40. The second-order valence-electron chi connectivity index (χ2n) is 3.61. The van der Waals surface area contributed by atoms with E-state index in [1.165, 1.54) is 6.07 Å². The second kappa shape index (κ2) is 4.16. The van der Waals surface area contributed by atoms with Crippen molar-refractivity contribution in [2.24, 2.45) is 0 Å². The van der Waals surface area contributed by atoms with Crippen LogP contribution in [0.2, 0.25) is 5.02 Å². The van der Waals surface area contributed by atoms with Gasteiger partial charge in [0, 0.05) is 22.7 Å². The molecule has 1 aliphatic rings. The monoisotopic (exact) mass is 226 g/mol. The van der Waals surface area contributed by atoms with E-state index in [9.17, 15) is 10.1 Å². The van der Waals surface area contributed by atoms with Gasteiger partial charge in [-0.3, -0.25) is 10.1 Å². The first-order valence-corrected chi connectivity index (χ1v) is 5.23. The van der Waals surface area contributed by atoms with Gasteiger partial charge in [-0.1, -0.05) is 11.6 Å². The third kappa shape index (κ3) is 2.11. The van der Waals surface area contributed by atoms with Gasteiger partial charge in [0.1, 0.15) is 0 Å². The molecular weight excluding hydrogens is 216 g/mol. The van der Waals surface area contributed by atoms with Crippen LogP contribution in [-0.4, -0.2) is 11.5 Å². The highest BCUT2D eigenvalue weighted by Crippen LogP contribution is 2.32. The Morgan fingerprint density at radius 2 is 2.33 bits per heavy atom. The van der Waals surface area contributed by atoms with Crippen molar-refractivity contribution in [3.05, 3.63) is 38.9 Å². The van der Waals surface area contributed by atoms with Crippen LogP contribution in [0.1, 0.15) is 24.4 Å². The summed E-state index contributed by atoms with van der Waals surface area (Å²) in [5, 5.41) is 14.5. The van der Waals surface area contributed by atoms with Crippen molar-refractivity contribution < 1.29 is 4.92 Å². The van der Waals surface area contributed by atoms with Gasteiger partial charge in [-0.15, -0.1) is 0 Å². The molecule has 0 amide bonds. The third-order valence-corrected chi connectivity index (χ3v) is 2.86. The summed E-state index contributed by atoms with van der Waals surface area (Å²) < 4.78 is 0. The molecule has 1 unspecified atom stereocenters. The molecule has 15 heavy (non-hydrogen) atoms. The molecule has 1 saturated heterocycles. The van der Waals surface area contributed by atoms with Crippen LogP contribution in [0, 0.1) is 10.1 Å².